The van der Waals surface area contributed by atoms with Crippen LogP contribution in [0.3, 0.4) is 0 Å². The maximum atomic E-state index is 11.4. The van der Waals surface area contributed by atoms with E-state index in [9.17, 15) is 9.59 Å². The largest absolute Gasteiger partial charge is 0.480 e. The SMILES string of the molecule is C#CCN(C)C(=O)C(C)(C)C(=O)O. The number of carboxylic acid groups (broad SMARTS) is 1. The Bertz CT molecular complexity index is 263. The van der Waals surface area contributed by atoms with Crippen LogP contribution >= 0.6 is 0 Å². The standard InChI is InChI=1S/C9H13NO3/c1-5-6-10(4)7(11)9(2,3)8(12)13/h1H,6H2,2-4H3,(H,12,13). The van der Waals surface area contributed by atoms with E-state index in [0.29, 0.717) is 0 Å². The Labute approximate surface area is 77.5 Å². The number of amides is 1. The van der Waals surface area contributed by atoms with E-state index in [1.807, 2.05) is 0 Å². The van der Waals surface area contributed by atoms with Gasteiger partial charge in [-0.1, -0.05) is 5.92 Å². The first-order valence-corrected chi connectivity index (χ1v) is 3.76. The van der Waals surface area contributed by atoms with Gasteiger partial charge in [-0.25, -0.2) is 0 Å². The van der Waals surface area contributed by atoms with Gasteiger partial charge in [-0.15, -0.1) is 6.42 Å². The Hall–Kier alpha value is -1.50. The first-order valence-electron chi connectivity index (χ1n) is 3.76. The van der Waals surface area contributed by atoms with Gasteiger partial charge in [0.1, 0.15) is 5.41 Å². The molecule has 0 saturated heterocycles. The molecular formula is C9H13NO3. The van der Waals surface area contributed by atoms with Crippen molar-refractivity contribution < 1.29 is 14.7 Å². The second-order valence-corrected chi connectivity index (χ2v) is 3.30. The first kappa shape index (κ1) is 11.5. The lowest BCUT2D eigenvalue weighted by atomic mass is 9.92. The Morgan fingerprint density at radius 3 is 2.31 bits per heavy atom. The second kappa shape index (κ2) is 3.94. The molecule has 0 radical (unpaired) electrons. The Morgan fingerprint density at radius 2 is 2.00 bits per heavy atom. The third-order valence-corrected chi connectivity index (χ3v) is 1.74. The summed E-state index contributed by atoms with van der Waals surface area (Å²) in [4.78, 5) is 23.3. The maximum Gasteiger partial charge on any atom is 0.318 e. The Balaban J connectivity index is 4.61. The van der Waals surface area contributed by atoms with Crippen LogP contribution < -0.4 is 0 Å². The van der Waals surface area contributed by atoms with E-state index in [1.54, 1.807) is 0 Å². The summed E-state index contributed by atoms with van der Waals surface area (Å²) in [6.45, 7) is 2.82. The molecule has 0 saturated carbocycles. The minimum atomic E-state index is -1.41. The van der Waals surface area contributed by atoms with E-state index < -0.39 is 17.3 Å². The van der Waals surface area contributed by atoms with Crippen molar-refractivity contribution in [2.75, 3.05) is 13.6 Å². The number of hydrogen-bond acceptors (Lipinski definition) is 2. The summed E-state index contributed by atoms with van der Waals surface area (Å²) < 4.78 is 0. The molecule has 1 amide bonds. The van der Waals surface area contributed by atoms with E-state index in [2.05, 4.69) is 5.92 Å². The number of rotatable bonds is 3. The van der Waals surface area contributed by atoms with Gasteiger partial charge in [0.05, 0.1) is 6.54 Å². The van der Waals surface area contributed by atoms with Crippen LogP contribution in [0.15, 0.2) is 0 Å². The van der Waals surface area contributed by atoms with Crippen LogP contribution in [0.1, 0.15) is 13.8 Å². The molecule has 72 valence electrons. The highest BCUT2D eigenvalue weighted by Crippen LogP contribution is 2.17. The number of terminal acetylenes is 1. The molecule has 4 nitrogen and oxygen atoms in total. The molecule has 0 fully saturated rings. The summed E-state index contributed by atoms with van der Waals surface area (Å²) >= 11 is 0. The minimum absolute atomic E-state index is 0.121. The van der Waals surface area contributed by atoms with Crippen LogP contribution in [0.5, 0.6) is 0 Å². The highest BCUT2D eigenvalue weighted by molar-refractivity contribution is 6.00. The molecule has 0 aromatic rings. The van der Waals surface area contributed by atoms with Crippen molar-refractivity contribution in [3.63, 3.8) is 0 Å². The summed E-state index contributed by atoms with van der Waals surface area (Å²) in [5, 5.41) is 8.73. The summed E-state index contributed by atoms with van der Waals surface area (Å²) in [6, 6.07) is 0. The molecule has 0 heterocycles. The Morgan fingerprint density at radius 1 is 1.54 bits per heavy atom. The normalized spacial score (nSPS) is 10.3. The quantitative estimate of drug-likeness (QED) is 0.502. The summed E-state index contributed by atoms with van der Waals surface area (Å²) in [5.41, 5.74) is -1.41. The number of nitrogens with zero attached hydrogens (tertiary/aromatic N) is 1. The molecule has 0 aliphatic carbocycles. The van der Waals surface area contributed by atoms with Crippen LogP contribution in [0, 0.1) is 17.8 Å². The molecule has 0 spiro atoms. The van der Waals surface area contributed by atoms with E-state index >= 15 is 0 Å². The van der Waals surface area contributed by atoms with Crippen LogP contribution in [0.4, 0.5) is 0 Å². The monoisotopic (exact) mass is 183 g/mol. The van der Waals surface area contributed by atoms with Crippen LogP contribution in [-0.2, 0) is 9.59 Å². The fourth-order valence-corrected chi connectivity index (χ4v) is 0.777. The van der Waals surface area contributed by atoms with E-state index in [0.717, 1.165) is 0 Å². The number of hydrogen-bond donors (Lipinski definition) is 1. The van der Waals surface area contributed by atoms with Crippen LogP contribution in [0.2, 0.25) is 0 Å². The molecule has 13 heavy (non-hydrogen) atoms. The van der Waals surface area contributed by atoms with Gasteiger partial charge in [-0.2, -0.15) is 0 Å². The zero-order chi connectivity index (χ0) is 10.6. The van der Waals surface area contributed by atoms with Crippen LogP contribution in [-0.4, -0.2) is 35.5 Å². The molecule has 0 aromatic carbocycles. The molecule has 0 rings (SSSR count). The molecule has 0 aliphatic rings. The third-order valence-electron chi connectivity index (χ3n) is 1.74. The van der Waals surface area contributed by atoms with Crippen molar-refractivity contribution in [3.8, 4) is 12.3 Å². The number of carboxylic acids is 1. The molecular weight excluding hydrogens is 170 g/mol. The Kier molecular flexibility index (Phi) is 3.49. The zero-order valence-electron chi connectivity index (χ0n) is 8.00. The van der Waals surface area contributed by atoms with Crippen molar-refractivity contribution in [2.24, 2.45) is 5.41 Å². The van der Waals surface area contributed by atoms with Gasteiger partial charge in [0.2, 0.25) is 5.91 Å². The van der Waals surface area contributed by atoms with E-state index in [4.69, 9.17) is 11.5 Å². The van der Waals surface area contributed by atoms with Gasteiger partial charge in [0, 0.05) is 7.05 Å². The molecule has 0 aromatic heterocycles. The molecule has 0 atom stereocenters. The average Bonchev–Trinajstić information content (AvgIpc) is 2.03. The lowest BCUT2D eigenvalue weighted by molar-refractivity contribution is -0.157. The zero-order valence-corrected chi connectivity index (χ0v) is 8.00. The number of carbonyl (C=O) groups excluding carboxylic acids is 1. The van der Waals surface area contributed by atoms with Gasteiger partial charge < -0.3 is 10.0 Å². The summed E-state index contributed by atoms with van der Waals surface area (Å²) in [5.74, 6) is 0.632. The summed E-state index contributed by atoms with van der Waals surface area (Å²) in [6.07, 6.45) is 5.00. The number of aliphatic carboxylic acids is 1. The van der Waals surface area contributed by atoms with Crippen molar-refractivity contribution in [1.29, 1.82) is 0 Å². The molecule has 0 bridgehead atoms. The van der Waals surface area contributed by atoms with Gasteiger partial charge in [-0.3, -0.25) is 9.59 Å². The van der Waals surface area contributed by atoms with Crippen LogP contribution in [0.25, 0.3) is 0 Å². The first-order chi connectivity index (χ1) is 5.84. The fourth-order valence-electron chi connectivity index (χ4n) is 0.777. The van der Waals surface area contributed by atoms with Crippen molar-refractivity contribution >= 4 is 11.9 Å². The third kappa shape index (κ3) is 2.48. The van der Waals surface area contributed by atoms with E-state index in [-0.39, 0.29) is 6.54 Å². The van der Waals surface area contributed by atoms with Gasteiger partial charge in [0.25, 0.3) is 0 Å². The van der Waals surface area contributed by atoms with Crippen molar-refractivity contribution in [2.45, 2.75) is 13.8 Å². The smallest absolute Gasteiger partial charge is 0.318 e. The molecule has 1 N–H and O–H groups in total. The van der Waals surface area contributed by atoms with Gasteiger partial charge in [-0.05, 0) is 13.8 Å². The molecule has 0 unspecified atom stereocenters. The average molecular weight is 183 g/mol. The fraction of sp³-hybridized carbons (Fsp3) is 0.556. The second-order valence-electron chi connectivity index (χ2n) is 3.30. The highest BCUT2D eigenvalue weighted by atomic mass is 16.4. The molecule has 0 aliphatic heterocycles. The predicted octanol–water partition coefficient (Wildman–Crippen LogP) is 0.189. The van der Waals surface area contributed by atoms with E-state index in [1.165, 1.54) is 25.8 Å². The van der Waals surface area contributed by atoms with Gasteiger partial charge in [0.15, 0.2) is 0 Å². The highest BCUT2D eigenvalue weighted by Gasteiger charge is 2.37. The minimum Gasteiger partial charge on any atom is -0.480 e. The number of carbonyl (C=O) groups is 2. The van der Waals surface area contributed by atoms with Gasteiger partial charge >= 0.3 is 5.97 Å². The molecule has 4 heteroatoms. The topological polar surface area (TPSA) is 57.6 Å². The van der Waals surface area contributed by atoms with Crippen molar-refractivity contribution in [1.82, 2.24) is 4.90 Å². The maximum absolute atomic E-state index is 11.4. The summed E-state index contributed by atoms with van der Waals surface area (Å²) in [7, 11) is 1.48. The lowest BCUT2D eigenvalue weighted by Crippen LogP contribution is -2.43. The lowest BCUT2D eigenvalue weighted by Gasteiger charge is -2.24. The van der Waals surface area contributed by atoms with Crippen molar-refractivity contribution in [3.05, 3.63) is 0 Å². The predicted molar refractivity (Wildman–Crippen MR) is 47.9 cm³/mol.